The molecule has 1 heteroatoms. The predicted molar refractivity (Wildman–Crippen MR) is 117 cm³/mol. The molecule has 0 amide bonds. The summed E-state index contributed by atoms with van der Waals surface area (Å²) in [6.07, 6.45) is 12.2. The van der Waals surface area contributed by atoms with Crippen molar-refractivity contribution in [2.45, 2.75) is 45.4 Å². The standard InChI is InChI=1S/C27H28O/c1-2-28-22-14-11-19(12-15-22)17-21-18-27-23-8-4-3-7-20(23)13-16-26(27)25-10-6-5-9-24(21)25/h3-4,7-9,11-15,21H,2,5-6,10,16-18H2,1H3. The van der Waals surface area contributed by atoms with Gasteiger partial charge in [0.05, 0.1) is 6.61 Å². The summed E-state index contributed by atoms with van der Waals surface area (Å²) in [7, 11) is 0. The van der Waals surface area contributed by atoms with E-state index in [0.717, 1.165) is 25.2 Å². The maximum Gasteiger partial charge on any atom is 0.119 e. The lowest BCUT2D eigenvalue weighted by Gasteiger charge is -2.36. The molecule has 1 atom stereocenters. The maximum absolute atomic E-state index is 5.62. The van der Waals surface area contributed by atoms with Crippen LogP contribution in [0.25, 0.3) is 11.6 Å². The van der Waals surface area contributed by atoms with Crippen molar-refractivity contribution in [3.63, 3.8) is 0 Å². The Hall–Kier alpha value is -2.54. The first kappa shape index (κ1) is 17.6. The van der Waals surface area contributed by atoms with Crippen LogP contribution in [0.1, 0.15) is 44.6 Å². The van der Waals surface area contributed by atoms with E-state index in [0.29, 0.717) is 5.92 Å². The van der Waals surface area contributed by atoms with Crippen molar-refractivity contribution >= 4 is 11.6 Å². The Morgan fingerprint density at radius 2 is 1.79 bits per heavy atom. The van der Waals surface area contributed by atoms with Gasteiger partial charge in [-0.25, -0.2) is 0 Å². The number of hydrogen-bond donors (Lipinski definition) is 0. The zero-order chi connectivity index (χ0) is 18.9. The smallest absolute Gasteiger partial charge is 0.119 e. The molecule has 0 N–H and O–H groups in total. The summed E-state index contributed by atoms with van der Waals surface area (Å²) in [5, 5.41) is 2.89. The molecule has 28 heavy (non-hydrogen) atoms. The summed E-state index contributed by atoms with van der Waals surface area (Å²) in [6, 6.07) is 17.7. The Labute approximate surface area is 167 Å². The Bertz CT molecular complexity index is 1070. The fraction of sp³-hybridized carbons (Fsp3) is 0.333. The van der Waals surface area contributed by atoms with Gasteiger partial charge < -0.3 is 4.74 Å². The van der Waals surface area contributed by atoms with Crippen LogP contribution in [0.5, 0.6) is 5.75 Å². The number of hydrogen-bond acceptors (Lipinski definition) is 1. The topological polar surface area (TPSA) is 9.23 Å². The molecule has 0 aromatic heterocycles. The zero-order valence-electron chi connectivity index (χ0n) is 16.7. The highest BCUT2D eigenvalue weighted by Crippen LogP contribution is 2.45. The molecule has 2 aromatic carbocycles. The Balaban J connectivity index is 1.55. The summed E-state index contributed by atoms with van der Waals surface area (Å²) in [6.45, 7) is 2.76. The second-order valence-electron chi connectivity index (χ2n) is 8.16. The van der Waals surface area contributed by atoms with Crippen molar-refractivity contribution in [1.29, 1.82) is 0 Å². The van der Waals surface area contributed by atoms with Gasteiger partial charge in [-0.15, -0.1) is 0 Å². The minimum atomic E-state index is 0.596. The quantitative estimate of drug-likeness (QED) is 0.730. The molecule has 2 aromatic rings. The van der Waals surface area contributed by atoms with Crippen molar-refractivity contribution in [3.05, 3.63) is 87.3 Å². The fourth-order valence-corrected chi connectivity index (χ4v) is 5.24. The predicted octanol–water partition coefficient (Wildman–Crippen LogP) is 5.09. The minimum Gasteiger partial charge on any atom is -0.494 e. The maximum atomic E-state index is 5.62. The van der Waals surface area contributed by atoms with Crippen LogP contribution in [-0.4, -0.2) is 6.61 Å². The molecule has 1 nitrogen and oxygen atoms in total. The van der Waals surface area contributed by atoms with E-state index in [9.17, 15) is 0 Å². The van der Waals surface area contributed by atoms with Gasteiger partial charge in [-0.3, -0.25) is 0 Å². The molecule has 0 radical (unpaired) electrons. The second-order valence-corrected chi connectivity index (χ2v) is 8.16. The number of benzene rings is 2. The largest absolute Gasteiger partial charge is 0.494 e. The average Bonchev–Trinajstić information content (AvgIpc) is 2.75. The van der Waals surface area contributed by atoms with Crippen molar-refractivity contribution in [2.24, 2.45) is 5.92 Å². The van der Waals surface area contributed by atoms with E-state index < -0.39 is 0 Å². The molecular formula is C27H28O. The lowest BCUT2D eigenvalue weighted by atomic mass is 9.69. The lowest BCUT2D eigenvalue weighted by molar-refractivity contribution is 0.340. The number of ether oxygens (including phenoxy) is 1. The highest BCUT2D eigenvalue weighted by molar-refractivity contribution is 5.75. The molecule has 3 aliphatic rings. The van der Waals surface area contributed by atoms with E-state index in [2.05, 4.69) is 60.7 Å². The Kier molecular flexibility index (Phi) is 4.68. The van der Waals surface area contributed by atoms with Gasteiger partial charge in [-0.05, 0) is 102 Å². The summed E-state index contributed by atoms with van der Waals surface area (Å²) in [5.74, 6) is 1.57. The normalized spacial score (nSPS) is 20.5. The lowest BCUT2D eigenvalue weighted by Crippen LogP contribution is -2.33. The molecule has 0 heterocycles. The van der Waals surface area contributed by atoms with Gasteiger partial charge >= 0.3 is 0 Å². The first-order valence-electron chi connectivity index (χ1n) is 10.8. The third-order valence-electron chi connectivity index (χ3n) is 6.49. The first-order chi connectivity index (χ1) is 13.8. The highest BCUT2D eigenvalue weighted by Gasteiger charge is 2.31. The number of fused-ring (bicyclic) bond motifs is 3. The van der Waals surface area contributed by atoms with Gasteiger partial charge in [0.1, 0.15) is 5.75 Å². The molecule has 0 fully saturated rings. The molecule has 0 spiro atoms. The number of allylic oxidation sites excluding steroid dienone is 4. The summed E-state index contributed by atoms with van der Waals surface area (Å²) in [5.41, 5.74) is 7.97. The third-order valence-corrected chi connectivity index (χ3v) is 6.49. The van der Waals surface area contributed by atoms with E-state index in [1.165, 1.54) is 41.7 Å². The van der Waals surface area contributed by atoms with Crippen molar-refractivity contribution in [1.82, 2.24) is 0 Å². The van der Waals surface area contributed by atoms with Crippen molar-refractivity contribution < 1.29 is 4.74 Å². The van der Waals surface area contributed by atoms with E-state index in [1.54, 1.807) is 22.3 Å². The van der Waals surface area contributed by atoms with Crippen molar-refractivity contribution in [2.75, 3.05) is 6.61 Å². The third kappa shape index (κ3) is 3.13. The van der Waals surface area contributed by atoms with E-state index in [1.807, 2.05) is 6.92 Å². The SMILES string of the molecule is CCOc1ccc(CC2CC3=c4ccccc4=CCC3=C3CCCC=C32)cc1. The second kappa shape index (κ2) is 7.47. The van der Waals surface area contributed by atoms with Gasteiger partial charge in [0, 0.05) is 0 Å². The fourth-order valence-electron chi connectivity index (χ4n) is 5.24. The Morgan fingerprint density at radius 1 is 0.929 bits per heavy atom. The van der Waals surface area contributed by atoms with E-state index in [-0.39, 0.29) is 0 Å². The van der Waals surface area contributed by atoms with Gasteiger partial charge in [-0.2, -0.15) is 0 Å². The van der Waals surface area contributed by atoms with Crippen LogP contribution in [0.15, 0.2) is 71.3 Å². The number of rotatable bonds is 4. The molecule has 1 unspecified atom stereocenters. The van der Waals surface area contributed by atoms with Crippen molar-refractivity contribution in [3.8, 4) is 5.75 Å². The van der Waals surface area contributed by atoms with Crippen LogP contribution < -0.4 is 15.2 Å². The minimum absolute atomic E-state index is 0.596. The highest BCUT2D eigenvalue weighted by atomic mass is 16.5. The van der Waals surface area contributed by atoms with Gasteiger partial charge in [0.25, 0.3) is 0 Å². The average molecular weight is 369 g/mol. The van der Waals surface area contributed by atoms with Crippen LogP contribution in [-0.2, 0) is 6.42 Å². The van der Waals surface area contributed by atoms with Crippen LogP contribution in [0.4, 0.5) is 0 Å². The van der Waals surface area contributed by atoms with Gasteiger partial charge in [0.2, 0.25) is 0 Å². The zero-order valence-corrected chi connectivity index (χ0v) is 16.7. The molecule has 5 rings (SSSR count). The van der Waals surface area contributed by atoms with E-state index in [4.69, 9.17) is 4.74 Å². The molecule has 3 aliphatic carbocycles. The van der Waals surface area contributed by atoms with Gasteiger partial charge in [-0.1, -0.05) is 48.6 Å². The molecule has 0 saturated carbocycles. The van der Waals surface area contributed by atoms with Crippen LogP contribution >= 0.6 is 0 Å². The van der Waals surface area contributed by atoms with Gasteiger partial charge in [0.15, 0.2) is 0 Å². The molecule has 142 valence electrons. The summed E-state index contributed by atoms with van der Waals surface area (Å²) >= 11 is 0. The van der Waals surface area contributed by atoms with Crippen LogP contribution in [0.2, 0.25) is 0 Å². The molecular weight excluding hydrogens is 340 g/mol. The molecule has 0 saturated heterocycles. The summed E-state index contributed by atoms with van der Waals surface area (Å²) < 4.78 is 5.62. The molecule has 0 bridgehead atoms. The Morgan fingerprint density at radius 3 is 2.64 bits per heavy atom. The first-order valence-corrected chi connectivity index (χ1v) is 10.8. The van der Waals surface area contributed by atoms with E-state index >= 15 is 0 Å². The monoisotopic (exact) mass is 368 g/mol. The molecule has 0 aliphatic heterocycles. The summed E-state index contributed by atoms with van der Waals surface area (Å²) in [4.78, 5) is 0. The van der Waals surface area contributed by atoms with Crippen LogP contribution in [0.3, 0.4) is 0 Å². The van der Waals surface area contributed by atoms with Crippen LogP contribution in [0, 0.1) is 5.92 Å².